The summed E-state index contributed by atoms with van der Waals surface area (Å²) in [5.74, 6) is -0.277. The molecule has 0 aromatic heterocycles. The first kappa shape index (κ1) is 29.7. The number of ether oxygens (including phenoxy) is 1. The van der Waals surface area contributed by atoms with Crippen molar-refractivity contribution in [2.45, 2.75) is 52.2 Å². The minimum Gasteiger partial charge on any atom is -0.497 e. The lowest BCUT2D eigenvalue weighted by molar-refractivity contribution is -0.140. The van der Waals surface area contributed by atoms with Crippen LogP contribution in [0, 0.1) is 0 Å². The van der Waals surface area contributed by atoms with Gasteiger partial charge in [-0.05, 0) is 55.7 Å². The van der Waals surface area contributed by atoms with Crippen molar-refractivity contribution < 1.29 is 22.7 Å². The fourth-order valence-corrected chi connectivity index (χ4v) is 4.89. The predicted molar refractivity (Wildman–Crippen MR) is 144 cm³/mol. The third-order valence-corrected chi connectivity index (χ3v) is 7.41. The second-order valence-corrected chi connectivity index (χ2v) is 11.2. The monoisotopic (exact) mass is 557 g/mol. The Bertz CT molecular complexity index is 1180. The molecule has 0 radical (unpaired) electrons. The largest absolute Gasteiger partial charge is 0.497 e. The maximum Gasteiger partial charge on any atom is 0.244 e. The summed E-state index contributed by atoms with van der Waals surface area (Å²) in [4.78, 5) is 28.3. The van der Waals surface area contributed by atoms with Gasteiger partial charge >= 0.3 is 0 Å². The van der Waals surface area contributed by atoms with Gasteiger partial charge in [0.05, 0.1) is 24.1 Å². The van der Waals surface area contributed by atoms with Crippen LogP contribution in [0.3, 0.4) is 0 Å². The van der Waals surface area contributed by atoms with Crippen molar-refractivity contribution in [2.75, 3.05) is 24.2 Å². The minimum atomic E-state index is -3.92. The molecule has 2 unspecified atom stereocenters. The first-order valence-electron chi connectivity index (χ1n) is 11.6. The van der Waals surface area contributed by atoms with Crippen LogP contribution in [0.4, 0.5) is 5.69 Å². The Labute approximate surface area is 223 Å². The van der Waals surface area contributed by atoms with Crippen LogP contribution in [-0.4, -0.2) is 57.1 Å². The van der Waals surface area contributed by atoms with Crippen molar-refractivity contribution in [3.63, 3.8) is 0 Å². The molecular weight excluding hydrogens is 525 g/mol. The number of benzene rings is 2. The summed E-state index contributed by atoms with van der Waals surface area (Å²) in [6.07, 6.45) is 2.03. The summed E-state index contributed by atoms with van der Waals surface area (Å²) in [7, 11) is -2.39. The highest BCUT2D eigenvalue weighted by Crippen LogP contribution is 2.31. The van der Waals surface area contributed by atoms with E-state index >= 15 is 0 Å². The number of halogens is 2. The Morgan fingerprint density at radius 2 is 1.78 bits per heavy atom. The molecule has 0 aliphatic heterocycles. The molecule has 2 aromatic carbocycles. The molecule has 0 aliphatic carbocycles. The maximum absolute atomic E-state index is 13.7. The predicted octanol–water partition coefficient (Wildman–Crippen LogP) is 4.49. The molecule has 0 aliphatic rings. The molecule has 2 aromatic rings. The summed E-state index contributed by atoms with van der Waals surface area (Å²) >= 11 is 12.4. The number of sulfonamides is 1. The van der Waals surface area contributed by atoms with Gasteiger partial charge in [-0.1, -0.05) is 49.2 Å². The van der Waals surface area contributed by atoms with Gasteiger partial charge in [0.25, 0.3) is 0 Å². The van der Waals surface area contributed by atoms with Crippen molar-refractivity contribution in [2.24, 2.45) is 0 Å². The Kier molecular flexibility index (Phi) is 10.9. The zero-order valence-electron chi connectivity index (χ0n) is 21.1. The first-order chi connectivity index (χ1) is 16.9. The van der Waals surface area contributed by atoms with Gasteiger partial charge in [-0.15, -0.1) is 0 Å². The van der Waals surface area contributed by atoms with Crippen molar-refractivity contribution in [3.05, 3.63) is 58.1 Å². The molecule has 0 saturated carbocycles. The summed E-state index contributed by atoms with van der Waals surface area (Å²) in [5, 5.41) is 3.32. The molecule has 2 atom stereocenters. The number of rotatable bonds is 12. The maximum atomic E-state index is 13.7. The van der Waals surface area contributed by atoms with Gasteiger partial charge in [-0.2, -0.15) is 0 Å². The number of anilines is 1. The van der Waals surface area contributed by atoms with Gasteiger partial charge < -0.3 is 15.0 Å². The van der Waals surface area contributed by atoms with Gasteiger partial charge in [0.2, 0.25) is 21.8 Å². The van der Waals surface area contributed by atoms with Crippen molar-refractivity contribution in [3.8, 4) is 5.75 Å². The van der Waals surface area contributed by atoms with E-state index in [0.29, 0.717) is 12.2 Å². The van der Waals surface area contributed by atoms with Gasteiger partial charge in [0, 0.05) is 17.6 Å². The van der Waals surface area contributed by atoms with Crippen LogP contribution in [0.15, 0.2) is 42.5 Å². The Morgan fingerprint density at radius 3 is 2.36 bits per heavy atom. The molecule has 11 heteroatoms. The highest BCUT2D eigenvalue weighted by atomic mass is 35.5. The fourth-order valence-electron chi connectivity index (χ4n) is 3.60. The molecular formula is C25H33Cl2N3O5S. The zero-order chi connectivity index (χ0) is 27.0. The number of carbonyl (C=O) groups excluding carboxylic acids is 2. The Hall–Kier alpha value is -2.49. The molecule has 8 nitrogen and oxygen atoms in total. The average Bonchev–Trinajstić information content (AvgIpc) is 2.83. The van der Waals surface area contributed by atoms with E-state index in [-0.39, 0.29) is 34.2 Å². The smallest absolute Gasteiger partial charge is 0.244 e. The van der Waals surface area contributed by atoms with Gasteiger partial charge in [0.1, 0.15) is 18.3 Å². The van der Waals surface area contributed by atoms with Gasteiger partial charge in [-0.25, -0.2) is 8.42 Å². The molecule has 36 heavy (non-hydrogen) atoms. The van der Waals surface area contributed by atoms with E-state index in [9.17, 15) is 18.0 Å². The average molecular weight is 559 g/mol. The van der Waals surface area contributed by atoms with Crippen LogP contribution < -0.4 is 14.4 Å². The van der Waals surface area contributed by atoms with Crippen molar-refractivity contribution in [1.82, 2.24) is 10.2 Å². The summed E-state index contributed by atoms with van der Waals surface area (Å²) < 4.78 is 31.6. The summed E-state index contributed by atoms with van der Waals surface area (Å²) in [6, 6.07) is 10.6. The van der Waals surface area contributed by atoms with E-state index < -0.39 is 28.5 Å². The Balaban J connectivity index is 2.50. The van der Waals surface area contributed by atoms with E-state index in [1.165, 1.54) is 30.2 Å². The third-order valence-electron chi connectivity index (χ3n) is 5.73. The third kappa shape index (κ3) is 8.01. The highest BCUT2D eigenvalue weighted by Gasteiger charge is 2.32. The van der Waals surface area contributed by atoms with Crippen LogP contribution in [0.25, 0.3) is 0 Å². The number of hydrogen-bond donors (Lipinski definition) is 1. The van der Waals surface area contributed by atoms with E-state index in [2.05, 4.69) is 5.32 Å². The molecule has 1 N–H and O–H groups in total. The molecule has 0 heterocycles. The quantitative estimate of drug-likeness (QED) is 0.414. The van der Waals surface area contributed by atoms with Crippen molar-refractivity contribution >= 4 is 50.7 Å². The number of nitrogens with zero attached hydrogens (tertiary/aromatic N) is 2. The summed E-state index contributed by atoms with van der Waals surface area (Å²) in [6.45, 7) is 5.14. The number of methoxy groups -OCH3 is 1. The molecule has 2 amide bonds. The van der Waals surface area contributed by atoms with Crippen LogP contribution in [0.2, 0.25) is 10.0 Å². The van der Waals surface area contributed by atoms with E-state index in [4.69, 9.17) is 27.9 Å². The number of hydrogen-bond acceptors (Lipinski definition) is 5. The minimum absolute atomic E-state index is 0.0728. The van der Waals surface area contributed by atoms with E-state index in [0.717, 1.165) is 22.5 Å². The van der Waals surface area contributed by atoms with Crippen molar-refractivity contribution in [1.29, 1.82) is 0 Å². The van der Waals surface area contributed by atoms with Crippen LogP contribution >= 0.6 is 23.2 Å². The summed E-state index contributed by atoms with van der Waals surface area (Å²) in [5.41, 5.74) is 0.808. The van der Waals surface area contributed by atoms with Gasteiger partial charge in [0.15, 0.2) is 0 Å². The lowest BCUT2D eigenvalue weighted by Gasteiger charge is -2.33. The van der Waals surface area contributed by atoms with Crippen LogP contribution in [-0.2, 0) is 26.2 Å². The first-order valence-corrected chi connectivity index (χ1v) is 14.2. The molecule has 0 bridgehead atoms. The van der Waals surface area contributed by atoms with E-state index in [1.54, 1.807) is 25.1 Å². The molecule has 198 valence electrons. The lowest BCUT2D eigenvalue weighted by atomic mass is 10.1. The molecule has 0 saturated heterocycles. The Morgan fingerprint density at radius 1 is 1.08 bits per heavy atom. The second-order valence-electron chi connectivity index (χ2n) is 8.48. The van der Waals surface area contributed by atoms with Gasteiger partial charge in [-0.3, -0.25) is 13.9 Å². The molecule has 0 fully saturated rings. The normalized spacial score (nSPS) is 13.0. The van der Waals surface area contributed by atoms with E-state index in [1.807, 2.05) is 19.9 Å². The highest BCUT2D eigenvalue weighted by molar-refractivity contribution is 7.92. The topological polar surface area (TPSA) is 96.0 Å². The number of amides is 2. The lowest BCUT2D eigenvalue weighted by Crippen LogP contribution is -2.53. The number of nitrogens with one attached hydrogen (secondary N) is 1. The zero-order valence-corrected chi connectivity index (χ0v) is 23.5. The standard InChI is InChI=1S/C25H33Cl2N3O5S/c1-6-17(3)28-25(32)22(7-2)29(15-18-9-8-10-20(13-18)35-4)24(31)16-30(36(5,33)34)23-14-19(26)11-12-21(23)27/h8-14,17,22H,6-7,15-16H2,1-5H3,(H,28,32). The number of carbonyl (C=O) groups is 2. The van der Waals surface area contributed by atoms with Crippen LogP contribution in [0.1, 0.15) is 39.2 Å². The molecule has 2 rings (SSSR count). The fraction of sp³-hybridized carbons (Fsp3) is 0.440. The SMILES string of the molecule is CCC(C)NC(=O)C(CC)N(Cc1cccc(OC)c1)C(=O)CN(c1cc(Cl)ccc1Cl)S(C)(=O)=O. The molecule has 0 spiro atoms. The van der Waals surface area contributed by atoms with Crippen LogP contribution in [0.5, 0.6) is 5.75 Å². The second kappa shape index (κ2) is 13.2.